The molecule has 2 aromatic rings. The first-order valence-corrected chi connectivity index (χ1v) is 13.4. The number of nitrogens with zero attached hydrogens (tertiary/aromatic N) is 4. The Balaban J connectivity index is 1.28. The fourth-order valence-electron chi connectivity index (χ4n) is 5.74. The third-order valence-corrected chi connectivity index (χ3v) is 8.94. The van der Waals surface area contributed by atoms with E-state index in [1.807, 2.05) is 0 Å². The van der Waals surface area contributed by atoms with E-state index in [0.29, 0.717) is 24.9 Å². The summed E-state index contributed by atoms with van der Waals surface area (Å²) in [6, 6.07) is 1.87. The molecule has 0 spiro atoms. The van der Waals surface area contributed by atoms with Gasteiger partial charge in [-0.1, -0.05) is 13.0 Å². The monoisotopic (exact) mass is 470 g/mol. The molecule has 6 rings (SSSR count). The van der Waals surface area contributed by atoms with Gasteiger partial charge in [0.1, 0.15) is 11.5 Å². The first-order chi connectivity index (χ1) is 15.9. The van der Waals surface area contributed by atoms with Crippen LogP contribution in [0.5, 0.6) is 5.88 Å². The van der Waals surface area contributed by atoms with Crippen LogP contribution in [0.4, 0.5) is 10.5 Å². The maximum Gasteiger partial charge on any atom is 0.354 e. The Morgan fingerprint density at radius 2 is 2.12 bits per heavy atom. The number of aryl methyl sites for hydroxylation is 2. The van der Waals surface area contributed by atoms with Crippen molar-refractivity contribution < 1.29 is 13.7 Å². The van der Waals surface area contributed by atoms with Gasteiger partial charge in [0.25, 0.3) is 0 Å². The predicted molar refractivity (Wildman–Crippen MR) is 125 cm³/mol. The molecule has 176 valence electrons. The van der Waals surface area contributed by atoms with E-state index in [-0.39, 0.29) is 10.9 Å². The molecule has 2 aliphatic carbocycles. The molecule has 2 aliphatic heterocycles. The number of benzene rings is 1. The van der Waals surface area contributed by atoms with E-state index in [4.69, 9.17) is 9.88 Å². The number of anilines is 1. The van der Waals surface area contributed by atoms with Crippen LogP contribution in [-0.2, 0) is 35.7 Å². The van der Waals surface area contributed by atoms with Crippen LogP contribution in [-0.4, -0.2) is 50.7 Å². The van der Waals surface area contributed by atoms with Gasteiger partial charge in [0.15, 0.2) is 9.92 Å². The minimum Gasteiger partial charge on any atom is -0.475 e. The van der Waals surface area contributed by atoms with Gasteiger partial charge in [-0.05, 0) is 79.8 Å². The van der Waals surface area contributed by atoms with E-state index < -0.39 is 15.9 Å². The van der Waals surface area contributed by atoms with Crippen molar-refractivity contribution in [2.75, 3.05) is 25.0 Å². The number of carbonyl (C=O) groups excluding carboxylic acids is 1. The largest absolute Gasteiger partial charge is 0.475 e. The summed E-state index contributed by atoms with van der Waals surface area (Å²) >= 11 is 0. The Kier molecular flexibility index (Phi) is 5.00. The van der Waals surface area contributed by atoms with Gasteiger partial charge in [0.2, 0.25) is 5.88 Å². The Morgan fingerprint density at radius 1 is 1.27 bits per heavy atom. The summed E-state index contributed by atoms with van der Waals surface area (Å²) in [5, 5.41) is 13.4. The zero-order valence-corrected chi connectivity index (χ0v) is 19.7. The van der Waals surface area contributed by atoms with Crippen LogP contribution in [0.15, 0.2) is 21.5 Å². The van der Waals surface area contributed by atoms with E-state index in [9.17, 15) is 9.00 Å². The van der Waals surface area contributed by atoms with Crippen LogP contribution < -0.4 is 15.2 Å². The Hall–Kier alpha value is -2.43. The number of nitrogens with two attached hydrogens (primary N) is 1. The number of amides is 2. The third kappa shape index (κ3) is 3.55. The Bertz CT molecular complexity index is 1260. The van der Waals surface area contributed by atoms with E-state index in [1.54, 1.807) is 4.68 Å². The predicted octanol–water partition coefficient (Wildman–Crippen LogP) is 2.82. The van der Waals surface area contributed by atoms with Crippen molar-refractivity contribution in [2.24, 2.45) is 9.50 Å². The average molecular weight is 471 g/mol. The van der Waals surface area contributed by atoms with Gasteiger partial charge in [-0.3, -0.25) is 4.90 Å². The number of urea groups is 1. The van der Waals surface area contributed by atoms with Crippen LogP contribution >= 0.6 is 0 Å². The molecule has 3 N–H and O–H groups in total. The molecule has 0 unspecified atom stereocenters. The Labute approximate surface area is 194 Å². The van der Waals surface area contributed by atoms with Gasteiger partial charge in [-0.15, -0.1) is 4.36 Å². The van der Waals surface area contributed by atoms with Gasteiger partial charge in [0.05, 0.1) is 18.8 Å². The van der Waals surface area contributed by atoms with Gasteiger partial charge in [0, 0.05) is 5.69 Å². The highest BCUT2D eigenvalue weighted by Gasteiger charge is 2.33. The molecule has 0 radical (unpaired) electrons. The summed E-state index contributed by atoms with van der Waals surface area (Å²) in [7, 11) is -3.51. The maximum absolute atomic E-state index is 13.3. The van der Waals surface area contributed by atoms with Crippen LogP contribution in [0, 0.1) is 0 Å². The molecular formula is C23H30N6O3S. The summed E-state index contributed by atoms with van der Waals surface area (Å²) in [6.07, 6.45) is 7.77. The third-order valence-electron chi connectivity index (χ3n) is 7.59. The molecule has 4 aliphatic rings. The smallest absolute Gasteiger partial charge is 0.354 e. The number of fused-ring (bicyclic) bond motifs is 3. The fraction of sp³-hybridized carbons (Fsp3) is 0.565. The van der Waals surface area contributed by atoms with Gasteiger partial charge in [-0.2, -0.15) is 5.10 Å². The molecule has 3 heterocycles. The van der Waals surface area contributed by atoms with E-state index in [0.717, 1.165) is 50.9 Å². The molecule has 1 fully saturated rings. The van der Waals surface area contributed by atoms with Crippen molar-refractivity contribution in [3.05, 3.63) is 34.5 Å². The average Bonchev–Trinajstić information content (AvgIpc) is 3.44. The van der Waals surface area contributed by atoms with Crippen molar-refractivity contribution in [1.82, 2.24) is 14.7 Å². The zero-order chi connectivity index (χ0) is 22.7. The molecule has 0 bridgehead atoms. The molecular weight excluding hydrogens is 440 g/mol. The number of likely N-dealkylation sites (tertiary alicyclic amines) is 1. The van der Waals surface area contributed by atoms with Crippen molar-refractivity contribution in [3.63, 3.8) is 0 Å². The second-order valence-electron chi connectivity index (χ2n) is 9.70. The molecule has 33 heavy (non-hydrogen) atoms. The normalized spacial score (nSPS) is 25.3. The van der Waals surface area contributed by atoms with Crippen LogP contribution in [0.25, 0.3) is 0 Å². The molecule has 2 amide bonds. The number of carbonyl (C=O) groups is 1. The van der Waals surface area contributed by atoms with Crippen molar-refractivity contribution >= 4 is 21.6 Å². The summed E-state index contributed by atoms with van der Waals surface area (Å²) in [4.78, 5) is 15.5. The molecule has 10 heteroatoms. The first-order valence-electron chi connectivity index (χ1n) is 11.9. The minimum atomic E-state index is -3.51. The van der Waals surface area contributed by atoms with Crippen molar-refractivity contribution in [2.45, 2.75) is 68.8 Å². The SMILES string of the molecule is C[C@H]1CCc2cc3c(c(NC(=O)N=[S@](N)(=O)c4cnn5c4OC[C@@H](N4CCC4)C5)c21)CCC3. The highest BCUT2D eigenvalue weighted by molar-refractivity contribution is 7.91. The van der Waals surface area contributed by atoms with Gasteiger partial charge in [-0.25, -0.2) is 18.8 Å². The first kappa shape index (κ1) is 21.1. The Morgan fingerprint density at radius 3 is 2.91 bits per heavy atom. The summed E-state index contributed by atoms with van der Waals surface area (Å²) in [6.45, 7) is 5.45. The molecule has 1 aromatic carbocycles. The highest BCUT2D eigenvalue weighted by atomic mass is 32.2. The molecule has 1 aromatic heterocycles. The fourth-order valence-corrected chi connectivity index (χ4v) is 6.74. The second-order valence-corrected chi connectivity index (χ2v) is 11.5. The lowest BCUT2D eigenvalue weighted by Gasteiger charge is -2.40. The lowest BCUT2D eigenvalue weighted by molar-refractivity contribution is 0.0417. The quantitative estimate of drug-likeness (QED) is 0.716. The number of ether oxygens (including phenoxy) is 1. The van der Waals surface area contributed by atoms with Crippen molar-refractivity contribution in [3.8, 4) is 5.88 Å². The van der Waals surface area contributed by atoms with Crippen LogP contribution in [0.3, 0.4) is 0 Å². The number of nitrogens with one attached hydrogen (secondary N) is 1. The number of rotatable bonds is 3. The second kappa shape index (κ2) is 7.82. The molecule has 3 atom stereocenters. The van der Waals surface area contributed by atoms with E-state index in [1.165, 1.54) is 34.9 Å². The molecule has 9 nitrogen and oxygen atoms in total. The maximum atomic E-state index is 13.3. The van der Waals surface area contributed by atoms with Gasteiger partial charge < -0.3 is 10.1 Å². The topological polar surface area (TPSA) is 115 Å². The number of aromatic nitrogens is 2. The van der Waals surface area contributed by atoms with E-state index >= 15 is 0 Å². The lowest BCUT2D eigenvalue weighted by Crippen LogP contribution is -2.51. The minimum absolute atomic E-state index is 0.177. The van der Waals surface area contributed by atoms with Gasteiger partial charge >= 0.3 is 6.03 Å². The zero-order valence-electron chi connectivity index (χ0n) is 18.9. The number of hydrogen-bond donors (Lipinski definition) is 2. The van der Waals surface area contributed by atoms with Crippen LogP contribution in [0.1, 0.15) is 54.4 Å². The van der Waals surface area contributed by atoms with Crippen LogP contribution in [0.2, 0.25) is 0 Å². The summed E-state index contributed by atoms with van der Waals surface area (Å²) < 4.78 is 24.8. The number of hydrogen-bond acceptors (Lipinski definition) is 5. The molecule has 1 saturated heterocycles. The summed E-state index contributed by atoms with van der Waals surface area (Å²) in [5.41, 5.74) is 5.87. The van der Waals surface area contributed by atoms with Crippen molar-refractivity contribution in [1.29, 1.82) is 0 Å². The standard InChI is InChI=1S/C23H30N6O3S/c1-14-6-7-16-10-15-4-2-5-18(15)21(20(14)16)26-23(30)27-33(24,31)19-11-25-29-12-17(13-32-22(19)29)28-8-3-9-28/h10-11,14,17H,2-9,12-13H2,1H3,(H3,24,26,27,30,31)/t14-,17-,33-/m0/s1. The summed E-state index contributed by atoms with van der Waals surface area (Å²) in [5.74, 6) is 0.727. The molecule has 0 saturated carbocycles. The van der Waals surface area contributed by atoms with E-state index in [2.05, 4.69) is 32.7 Å². The highest BCUT2D eigenvalue weighted by Crippen LogP contribution is 2.44. The lowest BCUT2D eigenvalue weighted by atomic mass is 9.95.